The van der Waals surface area contributed by atoms with Gasteiger partial charge in [0.2, 0.25) is 5.91 Å². The van der Waals surface area contributed by atoms with E-state index in [2.05, 4.69) is 26.1 Å². The average molecular weight is 226 g/mol. The van der Waals surface area contributed by atoms with Gasteiger partial charge in [-0.1, -0.05) is 33.6 Å². The Labute approximate surface area is 99.2 Å². The molecule has 1 fully saturated rings. The summed E-state index contributed by atoms with van der Waals surface area (Å²) in [7, 11) is 0. The topological polar surface area (TPSA) is 55.1 Å². The molecule has 3 heteroatoms. The first kappa shape index (κ1) is 13.5. The van der Waals surface area contributed by atoms with Crippen molar-refractivity contribution in [3.63, 3.8) is 0 Å². The minimum atomic E-state index is -0.715. The van der Waals surface area contributed by atoms with Gasteiger partial charge in [-0.3, -0.25) is 4.79 Å². The molecule has 3 nitrogen and oxygen atoms in total. The standard InChI is InChI=1S/C13H26N2O/c1-5-8-13(4,14)11(16)15-10-7-6-9-12(10,2)3/h10H,5-9,14H2,1-4H3,(H,15,16). The van der Waals surface area contributed by atoms with Crippen LogP contribution < -0.4 is 11.1 Å². The van der Waals surface area contributed by atoms with Crippen LogP contribution >= 0.6 is 0 Å². The van der Waals surface area contributed by atoms with Crippen molar-refractivity contribution in [1.29, 1.82) is 0 Å². The Kier molecular flexibility index (Phi) is 4.00. The van der Waals surface area contributed by atoms with E-state index in [-0.39, 0.29) is 11.3 Å². The van der Waals surface area contributed by atoms with Gasteiger partial charge in [-0.2, -0.15) is 0 Å². The molecule has 16 heavy (non-hydrogen) atoms. The lowest BCUT2D eigenvalue weighted by molar-refractivity contribution is -0.127. The van der Waals surface area contributed by atoms with Crippen molar-refractivity contribution in [2.75, 3.05) is 0 Å². The van der Waals surface area contributed by atoms with Gasteiger partial charge < -0.3 is 11.1 Å². The molecule has 0 aromatic rings. The summed E-state index contributed by atoms with van der Waals surface area (Å²) < 4.78 is 0. The molecule has 0 spiro atoms. The van der Waals surface area contributed by atoms with Gasteiger partial charge in [0.1, 0.15) is 0 Å². The largest absolute Gasteiger partial charge is 0.351 e. The lowest BCUT2D eigenvalue weighted by atomic mass is 9.86. The Morgan fingerprint density at radius 2 is 2.19 bits per heavy atom. The molecular formula is C13H26N2O. The van der Waals surface area contributed by atoms with Gasteiger partial charge in [0.05, 0.1) is 5.54 Å². The molecule has 2 atom stereocenters. The molecule has 1 aliphatic carbocycles. The smallest absolute Gasteiger partial charge is 0.240 e. The Balaban J connectivity index is 2.57. The van der Waals surface area contributed by atoms with Crippen LogP contribution in [0.3, 0.4) is 0 Å². The second-order valence-electron chi connectivity index (χ2n) is 6.07. The van der Waals surface area contributed by atoms with Crippen molar-refractivity contribution in [2.45, 2.75) is 71.4 Å². The van der Waals surface area contributed by atoms with Crippen LogP contribution in [0.4, 0.5) is 0 Å². The Morgan fingerprint density at radius 1 is 1.56 bits per heavy atom. The van der Waals surface area contributed by atoms with E-state index in [1.807, 2.05) is 6.92 Å². The number of hydrogen-bond acceptors (Lipinski definition) is 2. The number of amides is 1. The number of hydrogen-bond donors (Lipinski definition) is 2. The van der Waals surface area contributed by atoms with Crippen molar-refractivity contribution >= 4 is 5.91 Å². The van der Waals surface area contributed by atoms with E-state index in [9.17, 15) is 4.79 Å². The molecule has 0 aliphatic heterocycles. The van der Waals surface area contributed by atoms with E-state index in [0.29, 0.717) is 6.04 Å². The summed E-state index contributed by atoms with van der Waals surface area (Å²) in [6.07, 6.45) is 5.15. The molecule has 0 radical (unpaired) electrons. The molecule has 0 aromatic heterocycles. The SMILES string of the molecule is CCCC(C)(N)C(=O)NC1CCCC1(C)C. The lowest BCUT2D eigenvalue weighted by Gasteiger charge is -2.31. The number of nitrogens with one attached hydrogen (secondary N) is 1. The minimum absolute atomic E-state index is 0.00863. The van der Waals surface area contributed by atoms with E-state index in [1.54, 1.807) is 0 Å². The first-order chi connectivity index (χ1) is 7.29. The second kappa shape index (κ2) is 4.74. The monoisotopic (exact) mass is 226 g/mol. The third kappa shape index (κ3) is 2.97. The fraction of sp³-hybridized carbons (Fsp3) is 0.923. The average Bonchev–Trinajstić information content (AvgIpc) is 2.45. The lowest BCUT2D eigenvalue weighted by Crippen LogP contribution is -2.55. The van der Waals surface area contributed by atoms with E-state index in [4.69, 9.17) is 5.73 Å². The molecule has 2 unspecified atom stereocenters. The summed E-state index contributed by atoms with van der Waals surface area (Å²) in [4.78, 5) is 12.1. The third-order valence-electron chi connectivity index (χ3n) is 3.85. The van der Waals surface area contributed by atoms with Crippen LogP contribution in [0.1, 0.15) is 59.8 Å². The molecular weight excluding hydrogens is 200 g/mol. The van der Waals surface area contributed by atoms with Crippen LogP contribution in [0.5, 0.6) is 0 Å². The summed E-state index contributed by atoms with van der Waals surface area (Å²) in [6.45, 7) is 8.32. The highest BCUT2D eigenvalue weighted by molar-refractivity contribution is 5.85. The maximum atomic E-state index is 12.1. The predicted molar refractivity (Wildman–Crippen MR) is 67.1 cm³/mol. The molecule has 1 aliphatic rings. The zero-order valence-corrected chi connectivity index (χ0v) is 11.1. The maximum absolute atomic E-state index is 12.1. The van der Waals surface area contributed by atoms with Crippen molar-refractivity contribution in [1.82, 2.24) is 5.32 Å². The first-order valence-electron chi connectivity index (χ1n) is 6.39. The molecule has 3 N–H and O–H groups in total. The van der Waals surface area contributed by atoms with Gasteiger partial charge in [-0.05, 0) is 31.6 Å². The zero-order chi connectivity index (χ0) is 12.4. The van der Waals surface area contributed by atoms with E-state index in [1.165, 1.54) is 12.8 Å². The molecule has 0 aromatic carbocycles. The second-order valence-corrected chi connectivity index (χ2v) is 6.07. The van der Waals surface area contributed by atoms with Crippen LogP contribution in [-0.4, -0.2) is 17.5 Å². The van der Waals surface area contributed by atoms with Crippen molar-refractivity contribution < 1.29 is 4.79 Å². The quantitative estimate of drug-likeness (QED) is 0.772. The van der Waals surface area contributed by atoms with E-state index in [0.717, 1.165) is 19.3 Å². The molecule has 94 valence electrons. The number of nitrogens with two attached hydrogens (primary N) is 1. The molecule has 1 rings (SSSR count). The minimum Gasteiger partial charge on any atom is -0.351 e. The molecule has 0 heterocycles. The van der Waals surface area contributed by atoms with Crippen molar-refractivity contribution in [3.05, 3.63) is 0 Å². The fourth-order valence-corrected chi connectivity index (χ4v) is 2.55. The highest BCUT2D eigenvalue weighted by atomic mass is 16.2. The Bertz CT molecular complexity index is 259. The summed E-state index contributed by atoms with van der Waals surface area (Å²) in [5.41, 5.74) is 5.53. The molecule has 0 saturated heterocycles. The summed E-state index contributed by atoms with van der Waals surface area (Å²) in [6, 6.07) is 0.291. The van der Waals surface area contributed by atoms with Crippen LogP contribution in [0, 0.1) is 5.41 Å². The summed E-state index contributed by atoms with van der Waals surface area (Å²) in [5, 5.41) is 3.13. The summed E-state index contributed by atoms with van der Waals surface area (Å²) in [5.74, 6) is 0.00863. The summed E-state index contributed by atoms with van der Waals surface area (Å²) >= 11 is 0. The highest BCUT2D eigenvalue weighted by Gasteiger charge is 2.38. The van der Waals surface area contributed by atoms with Crippen molar-refractivity contribution in [3.8, 4) is 0 Å². The highest BCUT2D eigenvalue weighted by Crippen LogP contribution is 2.37. The van der Waals surface area contributed by atoms with Crippen LogP contribution in [0.25, 0.3) is 0 Å². The normalized spacial score (nSPS) is 27.4. The van der Waals surface area contributed by atoms with Gasteiger partial charge in [-0.25, -0.2) is 0 Å². The number of carbonyl (C=O) groups excluding carboxylic acids is 1. The zero-order valence-electron chi connectivity index (χ0n) is 11.1. The van der Waals surface area contributed by atoms with Crippen molar-refractivity contribution in [2.24, 2.45) is 11.1 Å². The predicted octanol–water partition coefficient (Wildman–Crippen LogP) is 2.20. The Morgan fingerprint density at radius 3 is 2.62 bits per heavy atom. The van der Waals surface area contributed by atoms with Crippen LogP contribution in [-0.2, 0) is 4.79 Å². The van der Waals surface area contributed by atoms with Crippen LogP contribution in [0.2, 0.25) is 0 Å². The van der Waals surface area contributed by atoms with Gasteiger partial charge in [0, 0.05) is 6.04 Å². The number of rotatable bonds is 4. The fourth-order valence-electron chi connectivity index (χ4n) is 2.55. The number of carbonyl (C=O) groups is 1. The van der Waals surface area contributed by atoms with Gasteiger partial charge in [0.15, 0.2) is 0 Å². The molecule has 1 saturated carbocycles. The van der Waals surface area contributed by atoms with Gasteiger partial charge in [-0.15, -0.1) is 0 Å². The Hall–Kier alpha value is -0.570. The molecule has 0 bridgehead atoms. The first-order valence-corrected chi connectivity index (χ1v) is 6.39. The maximum Gasteiger partial charge on any atom is 0.240 e. The molecule has 1 amide bonds. The van der Waals surface area contributed by atoms with Gasteiger partial charge in [0.25, 0.3) is 0 Å². The third-order valence-corrected chi connectivity index (χ3v) is 3.85. The van der Waals surface area contributed by atoms with E-state index < -0.39 is 5.54 Å². The van der Waals surface area contributed by atoms with E-state index >= 15 is 0 Å². The van der Waals surface area contributed by atoms with Crippen LogP contribution in [0.15, 0.2) is 0 Å². The van der Waals surface area contributed by atoms with Gasteiger partial charge >= 0.3 is 0 Å².